The topological polar surface area (TPSA) is 44.4 Å². The zero-order valence-electron chi connectivity index (χ0n) is 12.3. The molecule has 1 saturated heterocycles. The van der Waals surface area contributed by atoms with E-state index in [9.17, 15) is 4.79 Å². The van der Waals surface area contributed by atoms with Crippen LogP contribution in [-0.2, 0) is 0 Å². The Morgan fingerprint density at radius 1 is 1.16 bits per heavy atom. The van der Waals surface area contributed by atoms with E-state index in [1.807, 2.05) is 11.9 Å². The molecule has 2 rings (SSSR count). The van der Waals surface area contributed by atoms with Gasteiger partial charge in [-0.1, -0.05) is 25.7 Å². The van der Waals surface area contributed by atoms with E-state index in [1.54, 1.807) is 0 Å². The molecule has 0 radical (unpaired) electrons. The monoisotopic (exact) mass is 267 g/mol. The molecular formula is C15H29N3O. The summed E-state index contributed by atoms with van der Waals surface area (Å²) in [7, 11) is 1.92. The number of carbonyl (C=O) groups is 1. The number of amides is 2. The lowest BCUT2D eigenvalue weighted by Crippen LogP contribution is -2.45. The highest BCUT2D eigenvalue weighted by atomic mass is 16.2. The summed E-state index contributed by atoms with van der Waals surface area (Å²) in [6, 6.07) is 1.14. The van der Waals surface area contributed by atoms with Crippen molar-refractivity contribution in [3.05, 3.63) is 0 Å². The van der Waals surface area contributed by atoms with E-state index in [4.69, 9.17) is 0 Å². The van der Waals surface area contributed by atoms with Gasteiger partial charge in [0.05, 0.1) is 0 Å². The lowest BCUT2D eigenvalue weighted by atomic mass is 9.96. The Labute approximate surface area is 117 Å². The maximum absolute atomic E-state index is 12.1. The molecule has 0 aromatic heterocycles. The lowest BCUT2D eigenvalue weighted by Gasteiger charge is -2.28. The summed E-state index contributed by atoms with van der Waals surface area (Å²) >= 11 is 0. The van der Waals surface area contributed by atoms with Crippen molar-refractivity contribution in [2.45, 2.75) is 69.9 Å². The van der Waals surface area contributed by atoms with Gasteiger partial charge in [-0.05, 0) is 38.6 Å². The van der Waals surface area contributed by atoms with Crippen molar-refractivity contribution < 1.29 is 4.79 Å². The molecule has 0 aromatic rings. The van der Waals surface area contributed by atoms with E-state index in [0.29, 0.717) is 12.1 Å². The molecule has 0 bridgehead atoms. The van der Waals surface area contributed by atoms with Gasteiger partial charge in [0.15, 0.2) is 0 Å². The Bertz CT molecular complexity index is 271. The van der Waals surface area contributed by atoms with Crippen LogP contribution in [0.15, 0.2) is 0 Å². The third kappa shape index (κ3) is 5.01. The van der Waals surface area contributed by atoms with Crippen molar-refractivity contribution >= 4 is 6.03 Å². The van der Waals surface area contributed by atoms with E-state index >= 15 is 0 Å². The summed E-state index contributed by atoms with van der Waals surface area (Å²) in [6.45, 7) is 2.00. The average molecular weight is 267 g/mol. The van der Waals surface area contributed by atoms with Crippen molar-refractivity contribution in [2.75, 3.05) is 20.1 Å². The summed E-state index contributed by atoms with van der Waals surface area (Å²) in [6.07, 6.45) is 11.1. The summed E-state index contributed by atoms with van der Waals surface area (Å²) in [5.41, 5.74) is 0. The largest absolute Gasteiger partial charge is 0.335 e. The summed E-state index contributed by atoms with van der Waals surface area (Å²) in [5, 5.41) is 6.71. The second-order valence-electron chi connectivity index (χ2n) is 6.14. The first kappa shape index (κ1) is 14.6. The second-order valence-corrected chi connectivity index (χ2v) is 6.14. The highest BCUT2D eigenvalue weighted by Gasteiger charge is 2.19. The predicted octanol–water partition coefficient (Wildman–Crippen LogP) is 2.49. The first-order valence-electron chi connectivity index (χ1n) is 8.01. The number of nitrogens with one attached hydrogen (secondary N) is 2. The van der Waals surface area contributed by atoms with Crippen molar-refractivity contribution in [3.63, 3.8) is 0 Å². The molecule has 1 atom stereocenters. The number of nitrogens with zero attached hydrogens (tertiary/aromatic N) is 1. The van der Waals surface area contributed by atoms with Crippen LogP contribution in [0.4, 0.5) is 4.79 Å². The van der Waals surface area contributed by atoms with E-state index in [1.165, 1.54) is 38.5 Å². The van der Waals surface area contributed by atoms with Gasteiger partial charge in [0.2, 0.25) is 0 Å². The summed E-state index contributed by atoms with van der Waals surface area (Å²) in [4.78, 5) is 13.9. The number of rotatable bonds is 4. The normalized spacial score (nSPS) is 25.0. The van der Waals surface area contributed by atoms with Crippen LogP contribution in [0.25, 0.3) is 0 Å². The molecule has 0 aromatic carbocycles. The molecule has 1 saturated carbocycles. The molecule has 2 fully saturated rings. The minimum Gasteiger partial charge on any atom is -0.335 e. The number of urea groups is 1. The first-order chi connectivity index (χ1) is 9.25. The molecule has 4 nitrogen and oxygen atoms in total. The lowest BCUT2D eigenvalue weighted by molar-refractivity contribution is 0.197. The van der Waals surface area contributed by atoms with Crippen molar-refractivity contribution in [2.24, 2.45) is 0 Å². The van der Waals surface area contributed by atoms with Crippen molar-refractivity contribution in [1.82, 2.24) is 15.5 Å². The molecule has 19 heavy (non-hydrogen) atoms. The van der Waals surface area contributed by atoms with Crippen molar-refractivity contribution in [1.29, 1.82) is 0 Å². The fourth-order valence-electron chi connectivity index (χ4n) is 3.15. The molecule has 1 unspecified atom stereocenters. The molecule has 0 spiro atoms. The molecule has 1 aliphatic carbocycles. The van der Waals surface area contributed by atoms with Gasteiger partial charge in [-0.2, -0.15) is 0 Å². The molecule has 4 heteroatoms. The van der Waals surface area contributed by atoms with Crippen LogP contribution < -0.4 is 10.6 Å². The molecule has 1 aliphatic heterocycles. The Morgan fingerprint density at radius 3 is 2.58 bits per heavy atom. The van der Waals surface area contributed by atoms with Gasteiger partial charge < -0.3 is 15.5 Å². The smallest absolute Gasteiger partial charge is 0.317 e. The van der Waals surface area contributed by atoms with Crippen LogP contribution >= 0.6 is 0 Å². The fourth-order valence-corrected chi connectivity index (χ4v) is 3.15. The minimum absolute atomic E-state index is 0.114. The van der Waals surface area contributed by atoms with Crippen LogP contribution in [-0.4, -0.2) is 43.2 Å². The van der Waals surface area contributed by atoms with E-state index in [-0.39, 0.29) is 6.03 Å². The highest BCUT2D eigenvalue weighted by Crippen LogP contribution is 2.17. The van der Waals surface area contributed by atoms with Crippen molar-refractivity contribution in [3.8, 4) is 0 Å². The number of hydrogen-bond donors (Lipinski definition) is 2. The zero-order chi connectivity index (χ0) is 13.5. The maximum atomic E-state index is 12.1. The van der Waals surface area contributed by atoms with Gasteiger partial charge >= 0.3 is 6.03 Å². The van der Waals surface area contributed by atoms with Crippen LogP contribution in [0.3, 0.4) is 0 Å². The Balaban J connectivity index is 1.63. The third-order valence-electron chi connectivity index (χ3n) is 4.50. The van der Waals surface area contributed by atoms with Crippen LogP contribution in [0.2, 0.25) is 0 Å². The average Bonchev–Trinajstić information content (AvgIpc) is 2.47. The van der Waals surface area contributed by atoms with Gasteiger partial charge in [0.1, 0.15) is 0 Å². The first-order valence-corrected chi connectivity index (χ1v) is 8.01. The Kier molecular flexibility index (Phi) is 5.95. The van der Waals surface area contributed by atoms with E-state index in [0.717, 1.165) is 32.4 Å². The van der Waals surface area contributed by atoms with E-state index < -0.39 is 0 Å². The van der Waals surface area contributed by atoms with Gasteiger partial charge in [-0.15, -0.1) is 0 Å². The standard InChI is InChI=1S/C15H29N3O/c1-18(12-10-13-7-5-6-11-16-13)15(19)17-14-8-3-2-4-9-14/h13-14,16H,2-12H2,1H3,(H,17,19). The van der Waals surface area contributed by atoms with Crippen LogP contribution in [0.5, 0.6) is 0 Å². The molecule has 2 amide bonds. The number of piperidine rings is 1. The highest BCUT2D eigenvalue weighted by molar-refractivity contribution is 5.74. The number of hydrogen-bond acceptors (Lipinski definition) is 2. The molecular weight excluding hydrogens is 238 g/mol. The quantitative estimate of drug-likeness (QED) is 0.822. The minimum atomic E-state index is 0.114. The Morgan fingerprint density at radius 2 is 1.89 bits per heavy atom. The fraction of sp³-hybridized carbons (Fsp3) is 0.933. The molecule has 1 heterocycles. The zero-order valence-corrected chi connectivity index (χ0v) is 12.3. The Hall–Kier alpha value is -0.770. The predicted molar refractivity (Wildman–Crippen MR) is 78.3 cm³/mol. The van der Waals surface area contributed by atoms with Gasteiger partial charge in [0, 0.05) is 25.7 Å². The van der Waals surface area contributed by atoms with Gasteiger partial charge in [-0.3, -0.25) is 0 Å². The second kappa shape index (κ2) is 7.73. The summed E-state index contributed by atoms with van der Waals surface area (Å²) in [5.74, 6) is 0. The van der Waals surface area contributed by atoms with Crippen LogP contribution in [0.1, 0.15) is 57.8 Å². The number of carbonyl (C=O) groups excluding carboxylic acids is 1. The summed E-state index contributed by atoms with van der Waals surface area (Å²) < 4.78 is 0. The molecule has 2 N–H and O–H groups in total. The van der Waals surface area contributed by atoms with Crippen LogP contribution in [0, 0.1) is 0 Å². The van der Waals surface area contributed by atoms with Gasteiger partial charge in [-0.25, -0.2) is 4.79 Å². The molecule has 110 valence electrons. The third-order valence-corrected chi connectivity index (χ3v) is 4.50. The van der Waals surface area contributed by atoms with Gasteiger partial charge in [0.25, 0.3) is 0 Å². The SMILES string of the molecule is CN(CCC1CCCCN1)C(=O)NC1CCCCC1. The maximum Gasteiger partial charge on any atom is 0.317 e. The molecule has 2 aliphatic rings. The van der Waals surface area contributed by atoms with E-state index in [2.05, 4.69) is 10.6 Å².